The number of methoxy groups -OCH3 is 1. The smallest absolute Gasteiger partial charge is 0.306 e. The Labute approximate surface area is 79.7 Å². The third-order valence-corrected chi connectivity index (χ3v) is 1.16. The summed E-state index contributed by atoms with van der Waals surface area (Å²) in [5, 5.41) is 2.58. The number of carbonyl (C=O) groups excluding carboxylic acids is 2. The second-order valence-electron chi connectivity index (χ2n) is 2.03. The number of nitrogens with one attached hydrogen (secondary N) is 1. The molecule has 0 rings (SSSR count). The zero-order valence-corrected chi connectivity index (χ0v) is 8.85. The van der Waals surface area contributed by atoms with Gasteiger partial charge in [-0.3, -0.25) is 9.59 Å². The van der Waals surface area contributed by atoms with Crippen molar-refractivity contribution in [3.05, 3.63) is 0 Å². The molecule has 0 heterocycles. The van der Waals surface area contributed by atoms with Crippen LogP contribution in [0.4, 0.5) is 0 Å². The Morgan fingerprint density at radius 2 is 1.77 bits per heavy atom. The lowest BCUT2D eigenvalue weighted by molar-refractivity contribution is -0.142. The number of rotatable bonds is 4. The summed E-state index contributed by atoms with van der Waals surface area (Å²) in [5.74, 6) is -0.464. The molecule has 0 saturated heterocycles. The van der Waals surface area contributed by atoms with Crippen LogP contribution >= 0.6 is 0 Å². The van der Waals surface area contributed by atoms with Crippen LogP contribution in [0.5, 0.6) is 0 Å². The average Bonchev–Trinajstić information content (AvgIpc) is 2.18. The van der Waals surface area contributed by atoms with Crippen molar-refractivity contribution in [2.45, 2.75) is 33.6 Å². The van der Waals surface area contributed by atoms with E-state index in [-0.39, 0.29) is 24.7 Å². The highest BCUT2D eigenvalue weighted by molar-refractivity contribution is 5.81. The van der Waals surface area contributed by atoms with Crippen molar-refractivity contribution in [3.63, 3.8) is 0 Å². The van der Waals surface area contributed by atoms with E-state index >= 15 is 0 Å². The molecule has 4 heteroatoms. The van der Waals surface area contributed by atoms with E-state index in [9.17, 15) is 9.59 Å². The monoisotopic (exact) mass is 189 g/mol. The largest absolute Gasteiger partial charge is 0.469 e. The summed E-state index contributed by atoms with van der Waals surface area (Å²) in [5.41, 5.74) is 0. The maximum absolute atomic E-state index is 10.7. The Morgan fingerprint density at radius 1 is 1.23 bits per heavy atom. The standard InChI is InChI=1S/C7H13NO3.C2H6/c1-3-8-6(9)4-5-7(10)11-2;1-2/h3-5H2,1-2H3,(H,8,9);1-2H3. The molecule has 1 amide bonds. The Balaban J connectivity index is 0. The molecule has 1 N–H and O–H groups in total. The van der Waals surface area contributed by atoms with Crippen LogP contribution in [0.25, 0.3) is 0 Å². The predicted molar refractivity (Wildman–Crippen MR) is 51.3 cm³/mol. The normalized spacial score (nSPS) is 8.00. The van der Waals surface area contributed by atoms with E-state index in [4.69, 9.17) is 0 Å². The lowest BCUT2D eigenvalue weighted by Crippen LogP contribution is -2.23. The minimum absolute atomic E-state index is 0.113. The molecule has 0 aromatic rings. The Morgan fingerprint density at radius 3 is 2.15 bits per heavy atom. The molecule has 78 valence electrons. The Hall–Kier alpha value is -1.06. The third kappa shape index (κ3) is 10.9. The molecular weight excluding hydrogens is 170 g/mol. The molecule has 0 aliphatic carbocycles. The Bertz CT molecular complexity index is 146. The van der Waals surface area contributed by atoms with Gasteiger partial charge in [0.15, 0.2) is 0 Å². The molecule has 0 aliphatic heterocycles. The van der Waals surface area contributed by atoms with Gasteiger partial charge in [-0.15, -0.1) is 0 Å². The van der Waals surface area contributed by atoms with Crippen LogP contribution in [0.1, 0.15) is 33.6 Å². The van der Waals surface area contributed by atoms with Crippen LogP contribution in [0.3, 0.4) is 0 Å². The van der Waals surface area contributed by atoms with E-state index in [0.29, 0.717) is 6.54 Å². The predicted octanol–water partition coefficient (Wildman–Crippen LogP) is 1.10. The van der Waals surface area contributed by atoms with Crippen molar-refractivity contribution in [2.75, 3.05) is 13.7 Å². The van der Waals surface area contributed by atoms with Gasteiger partial charge in [-0.05, 0) is 6.92 Å². The van der Waals surface area contributed by atoms with E-state index in [1.54, 1.807) is 0 Å². The van der Waals surface area contributed by atoms with Gasteiger partial charge in [0.2, 0.25) is 5.91 Å². The van der Waals surface area contributed by atoms with Gasteiger partial charge in [-0.2, -0.15) is 0 Å². The quantitative estimate of drug-likeness (QED) is 0.674. The summed E-state index contributed by atoms with van der Waals surface area (Å²) in [7, 11) is 1.31. The average molecular weight is 189 g/mol. The second kappa shape index (κ2) is 10.9. The summed E-state index contributed by atoms with van der Waals surface area (Å²) in [4.78, 5) is 21.3. The molecule has 4 nitrogen and oxygen atoms in total. The summed E-state index contributed by atoms with van der Waals surface area (Å²) >= 11 is 0. The molecule has 0 atom stereocenters. The number of hydrogen-bond acceptors (Lipinski definition) is 3. The van der Waals surface area contributed by atoms with Crippen LogP contribution < -0.4 is 5.32 Å². The zero-order chi connectivity index (χ0) is 10.7. The highest BCUT2D eigenvalue weighted by Crippen LogP contribution is 1.90. The van der Waals surface area contributed by atoms with Crippen LogP contribution in [0, 0.1) is 0 Å². The zero-order valence-electron chi connectivity index (χ0n) is 8.85. The van der Waals surface area contributed by atoms with E-state index in [1.807, 2.05) is 20.8 Å². The van der Waals surface area contributed by atoms with E-state index in [1.165, 1.54) is 7.11 Å². The molecule has 0 aliphatic rings. The van der Waals surface area contributed by atoms with Crippen molar-refractivity contribution in [3.8, 4) is 0 Å². The SMILES string of the molecule is CC.CCNC(=O)CCC(=O)OC. The first-order valence-corrected chi connectivity index (χ1v) is 4.54. The van der Waals surface area contributed by atoms with Gasteiger partial charge < -0.3 is 10.1 Å². The van der Waals surface area contributed by atoms with Gasteiger partial charge >= 0.3 is 5.97 Å². The van der Waals surface area contributed by atoms with Crippen molar-refractivity contribution in [1.82, 2.24) is 5.32 Å². The van der Waals surface area contributed by atoms with E-state index < -0.39 is 0 Å². The number of ether oxygens (including phenoxy) is 1. The van der Waals surface area contributed by atoms with Gasteiger partial charge in [0.1, 0.15) is 0 Å². The van der Waals surface area contributed by atoms with Crippen molar-refractivity contribution in [1.29, 1.82) is 0 Å². The number of esters is 1. The van der Waals surface area contributed by atoms with Crippen LogP contribution in [-0.4, -0.2) is 25.5 Å². The molecule has 0 unspecified atom stereocenters. The first-order chi connectivity index (χ1) is 6.20. The lowest BCUT2D eigenvalue weighted by Gasteiger charge is -1.99. The Kier molecular flexibility index (Phi) is 12.2. The maximum Gasteiger partial charge on any atom is 0.306 e. The first-order valence-electron chi connectivity index (χ1n) is 4.54. The van der Waals surface area contributed by atoms with Crippen molar-refractivity contribution >= 4 is 11.9 Å². The second-order valence-corrected chi connectivity index (χ2v) is 2.03. The molecule has 0 saturated carbocycles. The first kappa shape index (κ1) is 14.5. The summed E-state index contributed by atoms with van der Waals surface area (Å²) in [6.07, 6.45) is 0.364. The number of hydrogen-bond donors (Lipinski definition) is 1. The fraction of sp³-hybridized carbons (Fsp3) is 0.778. The molecule has 0 aromatic heterocycles. The van der Waals surface area contributed by atoms with E-state index in [2.05, 4.69) is 10.1 Å². The maximum atomic E-state index is 10.7. The summed E-state index contributed by atoms with van der Waals surface area (Å²) in [6, 6.07) is 0. The molecule has 0 bridgehead atoms. The lowest BCUT2D eigenvalue weighted by atomic mass is 10.3. The van der Waals surface area contributed by atoms with Gasteiger partial charge in [-0.1, -0.05) is 13.8 Å². The number of carbonyl (C=O) groups is 2. The fourth-order valence-corrected chi connectivity index (χ4v) is 0.603. The molecule has 13 heavy (non-hydrogen) atoms. The third-order valence-electron chi connectivity index (χ3n) is 1.16. The topological polar surface area (TPSA) is 55.4 Å². The molecule has 0 fully saturated rings. The fourth-order valence-electron chi connectivity index (χ4n) is 0.603. The highest BCUT2D eigenvalue weighted by Gasteiger charge is 2.04. The summed E-state index contributed by atoms with van der Waals surface area (Å²) < 4.78 is 4.36. The van der Waals surface area contributed by atoms with Crippen molar-refractivity contribution in [2.24, 2.45) is 0 Å². The van der Waals surface area contributed by atoms with Crippen LogP contribution in [0.15, 0.2) is 0 Å². The van der Waals surface area contributed by atoms with E-state index in [0.717, 1.165) is 0 Å². The van der Waals surface area contributed by atoms with Crippen LogP contribution in [0.2, 0.25) is 0 Å². The van der Waals surface area contributed by atoms with Crippen molar-refractivity contribution < 1.29 is 14.3 Å². The highest BCUT2D eigenvalue weighted by atomic mass is 16.5. The molecule has 0 radical (unpaired) electrons. The summed E-state index contributed by atoms with van der Waals surface area (Å²) in [6.45, 7) is 6.43. The molecule has 0 spiro atoms. The van der Waals surface area contributed by atoms with Gasteiger partial charge in [-0.25, -0.2) is 0 Å². The molecular formula is C9H19NO3. The number of amides is 1. The van der Waals surface area contributed by atoms with Gasteiger partial charge in [0.05, 0.1) is 13.5 Å². The van der Waals surface area contributed by atoms with Gasteiger partial charge in [0.25, 0.3) is 0 Å². The minimum atomic E-state index is -0.351. The minimum Gasteiger partial charge on any atom is -0.469 e. The van der Waals surface area contributed by atoms with Gasteiger partial charge in [0, 0.05) is 13.0 Å². The molecule has 0 aromatic carbocycles. The van der Waals surface area contributed by atoms with Crippen LogP contribution in [-0.2, 0) is 14.3 Å².